The van der Waals surface area contributed by atoms with Gasteiger partial charge in [0.25, 0.3) is 0 Å². The van der Waals surface area contributed by atoms with E-state index in [4.69, 9.17) is 23.7 Å². The van der Waals surface area contributed by atoms with Crippen molar-refractivity contribution in [3.63, 3.8) is 0 Å². The molecule has 0 N–H and O–H groups in total. The Morgan fingerprint density at radius 2 is 1.53 bits per heavy atom. The van der Waals surface area contributed by atoms with Crippen molar-refractivity contribution < 1.29 is 23.7 Å². The van der Waals surface area contributed by atoms with Crippen molar-refractivity contribution in [3.8, 4) is 0 Å². The number of fused-ring (bicyclic) bond motifs is 1. The molecule has 0 saturated carbocycles. The van der Waals surface area contributed by atoms with Crippen molar-refractivity contribution in [3.05, 3.63) is 97.1 Å². The van der Waals surface area contributed by atoms with Crippen LogP contribution in [0.3, 0.4) is 0 Å². The van der Waals surface area contributed by atoms with E-state index in [9.17, 15) is 0 Å². The molecule has 0 amide bonds. The van der Waals surface area contributed by atoms with Crippen LogP contribution >= 0.6 is 0 Å². The van der Waals surface area contributed by atoms with Crippen LogP contribution < -0.4 is 0 Å². The molecule has 2 aromatic carbocycles. The number of hydrogen-bond donors (Lipinski definition) is 0. The molecule has 32 heavy (non-hydrogen) atoms. The predicted octanol–water partition coefficient (Wildman–Crippen LogP) is 5.17. The lowest BCUT2D eigenvalue weighted by atomic mass is 9.87. The molecule has 0 radical (unpaired) electrons. The topological polar surface area (TPSA) is 46.2 Å². The van der Waals surface area contributed by atoms with Gasteiger partial charge in [0.2, 0.25) is 0 Å². The van der Waals surface area contributed by atoms with E-state index in [1.165, 1.54) is 0 Å². The van der Waals surface area contributed by atoms with Gasteiger partial charge in [0, 0.05) is 0 Å². The summed E-state index contributed by atoms with van der Waals surface area (Å²) in [6, 6.07) is 20.1. The van der Waals surface area contributed by atoms with Crippen molar-refractivity contribution >= 4 is 0 Å². The van der Waals surface area contributed by atoms with E-state index in [2.05, 4.69) is 13.2 Å². The van der Waals surface area contributed by atoms with Gasteiger partial charge in [-0.1, -0.05) is 72.8 Å². The largest absolute Gasteiger partial charge is 0.370 e. The lowest BCUT2D eigenvalue weighted by Gasteiger charge is -2.39. The first-order chi connectivity index (χ1) is 15.5. The van der Waals surface area contributed by atoms with Crippen molar-refractivity contribution in [2.75, 3.05) is 0 Å². The molecule has 170 valence electrons. The van der Waals surface area contributed by atoms with Gasteiger partial charge in [-0.3, -0.25) is 0 Å². The monoisotopic (exact) mass is 436 g/mol. The maximum Gasteiger partial charge on any atom is 0.191 e. The van der Waals surface area contributed by atoms with E-state index in [-0.39, 0.29) is 6.10 Å². The van der Waals surface area contributed by atoms with Gasteiger partial charge < -0.3 is 23.7 Å². The summed E-state index contributed by atoms with van der Waals surface area (Å²) < 4.78 is 31.6. The normalized spacial score (nSPS) is 29.4. The summed E-state index contributed by atoms with van der Waals surface area (Å²) in [4.78, 5) is 0. The molecule has 4 rings (SSSR count). The summed E-state index contributed by atoms with van der Waals surface area (Å²) >= 11 is 0. The van der Waals surface area contributed by atoms with E-state index in [1.54, 1.807) is 6.08 Å². The second-order valence-electron chi connectivity index (χ2n) is 8.67. The Hall–Kier alpha value is -2.28. The van der Waals surface area contributed by atoms with E-state index in [1.807, 2.05) is 80.6 Å². The Bertz CT molecular complexity index is 897. The molecule has 2 fully saturated rings. The third kappa shape index (κ3) is 4.72. The molecule has 0 aromatic heterocycles. The average molecular weight is 437 g/mol. The fourth-order valence-corrected chi connectivity index (χ4v) is 4.42. The van der Waals surface area contributed by atoms with E-state index < -0.39 is 29.9 Å². The van der Waals surface area contributed by atoms with Gasteiger partial charge in [-0.15, -0.1) is 13.2 Å². The molecule has 0 bridgehead atoms. The molecule has 2 heterocycles. The molecular weight excluding hydrogens is 404 g/mol. The Kier molecular flexibility index (Phi) is 6.93. The molecular formula is C27H32O5. The standard InChI is InChI=1S/C27H32O5/c1-5-13-22(28-18-20-14-9-7-10-15-20)27(6-2)24(29-19-21-16-11-8-12-17-21)23-25(32-27)31-26(3,4)30-23/h5-12,14-17,22-25H,1-2,13,18-19H2,3-4H3/t22-,23-,24-,25+,27+/m1/s1. The number of benzene rings is 2. The highest BCUT2D eigenvalue weighted by atomic mass is 16.8. The predicted molar refractivity (Wildman–Crippen MR) is 123 cm³/mol. The van der Waals surface area contributed by atoms with Crippen LogP contribution in [0.1, 0.15) is 31.4 Å². The molecule has 2 saturated heterocycles. The zero-order valence-electron chi connectivity index (χ0n) is 18.8. The van der Waals surface area contributed by atoms with Crippen molar-refractivity contribution in [1.82, 2.24) is 0 Å². The van der Waals surface area contributed by atoms with Crippen LogP contribution in [0.15, 0.2) is 86.0 Å². The molecule has 2 aliphatic heterocycles. The first kappa shape index (κ1) is 22.9. The minimum Gasteiger partial charge on any atom is -0.370 e. The van der Waals surface area contributed by atoms with Crippen LogP contribution in [0.2, 0.25) is 0 Å². The summed E-state index contributed by atoms with van der Waals surface area (Å²) in [5.74, 6) is -0.754. The molecule has 5 nitrogen and oxygen atoms in total. The molecule has 2 aromatic rings. The summed E-state index contributed by atoms with van der Waals surface area (Å²) in [6.07, 6.45) is 2.35. The first-order valence-electron chi connectivity index (χ1n) is 11.1. The van der Waals surface area contributed by atoms with E-state index in [0.29, 0.717) is 19.6 Å². The summed E-state index contributed by atoms with van der Waals surface area (Å²) in [6.45, 7) is 12.7. The fraction of sp³-hybridized carbons (Fsp3) is 0.407. The maximum absolute atomic E-state index is 6.50. The van der Waals surface area contributed by atoms with Crippen molar-refractivity contribution in [2.45, 2.75) is 69.5 Å². The minimum atomic E-state index is -0.955. The summed E-state index contributed by atoms with van der Waals surface area (Å²) in [5, 5.41) is 0. The molecule has 5 atom stereocenters. The van der Waals surface area contributed by atoms with Crippen LogP contribution in [0.25, 0.3) is 0 Å². The van der Waals surface area contributed by atoms with Crippen LogP contribution in [0, 0.1) is 0 Å². The highest BCUT2D eigenvalue weighted by Gasteiger charge is 2.64. The lowest BCUT2D eigenvalue weighted by Crippen LogP contribution is -2.54. The molecule has 5 heteroatoms. The number of hydrogen-bond acceptors (Lipinski definition) is 5. The smallest absolute Gasteiger partial charge is 0.191 e. The number of rotatable bonds is 10. The third-order valence-corrected chi connectivity index (χ3v) is 5.92. The minimum absolute atomic E-state index is 0.376. The fourth-order valence-electron chi connectivity index (χ4n) is 4.42. The zero-order valence-corrected chi connectivity index (χ0v) is 18.8. The van der Waals surface area contributed by atoms with E-state index in [0.717, 1.165) is 11.1 Å². The van der Waals surface area contributed by atoms with Gasteiger partial charge in [-0.25, -0.2) is 0 Å². The zero-order chi connectivity index (χ0) is 22.6. The summed E-state index contributed by atoms with van der Waals surface area (Å²) in [7, 11) is 0. The highest BCUT2D eigenvalue weighted by molar-refractivity contribution is 5.20. The van der Waals surface area contributed by atoms with Gasteiger partial charge in [0.05, 0.1) is 19.3 Å². The molecule has 0 unspecified atom stereocenters. The first-order valence-corrected chi connectivity index (χ1v) is 11.1. The van der Waals surface area contributed by atoms with Crippen LogP contribution in [-0.2, 0) is 36.9 Å². The molecule has 0 spiro atoms. The Morgan fingerprint density at radius 1 is 0.906 bits per heavy atom. The number of ether oxygens (including phenoxy) is 5. The second kappa shape index (κ2) is 9.69. The van der Waals surface area contributed by atoms with Crippen molar-refractivity contribution in [2.24, 2.45) is 0 Å². The quantitative estimate of drug-likeness (QED) is 0.481. The average Bonchev–Trinajstić information content (AvgIpc) is 3.25. The van der Waals surface area contributed by atoms with Crippen molar-refractivity contribution in [1.29, 1.82) is 0 Å². The maximum atomic E-state index is 6.50. The van der Waals surface area contributed by atoms with Gasteiger partial charge >= 0.3 is 0 Å². The van der Waals surface area contributed by atoms with Crippen LogP contribution in [0.4, 0.5) is 0 Å². The van der Waals surface area contributed by atoms with Crippen LogP contribution in [0.5, 0.6) is 0 Å². The van der Waals surface area contributed by atoms with Gasteiger partial charge in [-0.05, 0) is 31.4 Å². The SMILES string of the molecule is C=CC[C@@H](OCc1ccccc1)[C@]1(C=C)O[C@@H]2OC(C)(C)O[C@@H]2[C@H]1OCc1ccccc1. The lowest BCUT2D eigenvalue weighted by molar-refractivity contribution is -0.255. The van der Waals surface area contributed by atoms with E-state index >= 15 is 0 Å². The van der Waals surface area contributed by atoms with Gasteiger partial charge in [0.1, 0.15) is 17.8 Å². The third-order valence-electron chi connectivity index (χ3n) is 5.92. The molecule has 2 aliphatic rings. The second-order valence-corrected chi connectivity index (χ2v) is 8.67. The summed E-state index contributed by atoms with van der Waals surface area (Å²) in [5.41, 5.74) is 1.19. The Balaban J connectivity index is 1.60. The Labute approximate surface area is 190 Å². The molecule has 0 aliphatic carbocycles. The van der Waals surface area contributed by atoms with Gasteiger partial charge in [-0.2, -0.15) is 0 Å². The van der Waals surface area contributed by atoms with Crippen LogP contribution in [-0.4, -0.2) is 36.0 Å². The Morgan fingerprint density at radius 3 is 2.12 bits per heavy atom. The van der Waals surface area contributed by atoms with Gasteiger partial charge in [0.15, 0.2) is 12.1 Å². The highest BCUT2D eigenvalue weighted by Crippen LogP contribution is 2.47.